The number of aryl methyl sites for hydroxylation is 1. The van der Waals surface area contributed by atoms with Gasteiger partial charge in [0.1, 0.15) is 17.5 Å². The normalized spacial score (nSPS) is 14.7. The van der Waals surface area contributed by atoms with Crippen LogP contribution in [0.5, 0.6) is 0 Å². The van der Waals surface area contributed by atoms with Crippen molar-refractivity contribution in [2.75, 3.05) is 37.8 Å². The fourth-order valence-corrected chi connectivity index (χ4v) is 2.36. The third-order valence-corrected chi connectivity index (χ3v) is 3.83. The van der Waals surface area contributed by atoms with Crippen LogP contribution in [0.4, 0.5) is 11.6 Å². The van der Waals surface area contributed by atoms with E-state index in [9.17, 15) is 0 Å². The summed E-state index contributed by atoms with van der Waals surface area (Å²) in [6.07, 6.45) is 4.70. The SMILES string of the molecule is CCCc1nc(NC)c(C)c(NCCN(C)C2CC2)n1. The maximum absolute atomic E-state index is 4.65. The van der Waals surface area contributed by atoms with Crippen LogP contribution in [0, 0.1) is 6.92 Å². The molecule has 0 amide bonds. The summed E-state index contributed by atoms with van der Waals surface area (Å²) in [4.78, 5) is 11.6. The molecule has 0 aromatic carbocycles. The zero-order valence-corrected chi connectivity index (χ0v) is 13.2. The molecule has 1 aromatic heterocycles. The van der Waals surface area contributed by atoms with E-state index in [1.54, 1.807) is 0 Å². The third kappa shape index (κ3) is 3.82. The molecule has 0 atom stereocenters. The van der Waals surface area contributed by atoms with E-state index in [1.807, 2.05) is 7.05 Å². The number of aromatic nitrogens is 2. The summed E-state index contributed by atoms with van der Waals surface area (Å²) >= 11 is 0. The monoisotopic (exact) mass is 277 g/mol. The summed E-state index contributed by atoms with van der Waals surface area (Å²) in [7, 11) is 4.11. The number of rotatable bonds is 8. The van der Waals surface area contributed by atoms with Crippen molar-refractivity contribution in [3.63, 3.8) is 0 Å². The van der Waals surface area contributed by atoms with Gasteiger partial charge in [0.2, 0.25) is 0 Å². The van der Waals surface area contributed by atoms with Crippen LogP contribution < -0.4 is 10.6 Å². The summed E-state index contributed by atoms with van der Waals surface area (Å²) in [6, 6.07) is 0.812. The molecule has 0 saturated heterocycles. The zero-order chi connectivity index (χ0) is 14.5. The Morgan fingerprint density at radius 3 is 2.55 bits per heavy atom. The lowest BCUT2D eigenvalue weighted by Gasteiger charge is -2.18. The molecule has 0 aliphatic heterocycles. The molecule has 1 aliphatic rings. The van der Waals surface area contributed by atoms with Gasteiger partial charge in [-0.05, 0) is 33.2 Å². The van der Waals surface area contributed by atoms with Crippen molar-refractivity contribution >= 4 is 11.6 Å². The van der Waals surface area contributed by atoms with Gasteiger partial charge in [-0.3, -0.25) is 0 Å². The molecule has 112 valence electrons. The number of hydrogen-bond donors (Lipinski definition) is 2. The fourth-order valence-electron chi connectivity index (χ4n) is 2.36. The van der Waals surface area contributed by atoms with Gasteiger partial charge in [0.25, 0.3) is 0 Å². The Hall–Kier alpha value is -1.36. The van der Waals surface area contributed by atoms with Crippen molar-refractivity contribution in [3.05, 3.63) is 11.4 Å². The van der Waals surface area contributed by atoms with Gasteiger partial charge in [0.05, 0.1) is 0 Å². The van der Waals surface area contributed by atoms with Gasteiger partial charge in [0, 0.05) is 38.2 Å². The average molecular weight is 277 g/mol. The lowest BCUT2D eigenvalue weighted by atomic mass is 10.2. The van der Waals surface area contributed by atoms with Gasteiger partial charge in [-0.25, -0.2) is 9.97 Å². The lowest BCUT2D eigenvalue weighted by molar-refractivity contribution is 0.337. The maximum Gasteiger partial charge on any atom is 0.134 e. The molecule has 1 aliphatic carbocycles. The van der Waals surface area contributed by atoms with E-state index in [2.05, 4.69) is 46.4 Å². The van der Waals surface area contributed by atoms with E-state index >= 15 is 0 Å². The van der Waals surface area contributed by atoms with Crippen LogP contribution in [-0.2, 0) is 6.42 Å². The lowest BCUT2D eigenvalue weighted by Crippen LogP contribution is -2.27. The van der Waals surface area contributed by atoms with Crippen LogP contribution in [0.3, 0.4) is 0 Å². The second kappa shape index (κ2) is 6.88. The molecule has 0 radical (unpaired) electrons. The first-order valence-corrected chi connectivity index (χ1v) is 7.65. The Morgan fingerprint density at radius 2 is 1.95 bits per heavy atom. The first-order valence-electron chi connectivity index (χ1n) is 7.65. The average Bonchev–Trinajstić information content (AvgIpc) is 3.26. The summed E-state index contributed by atoms with van der Waals surface area (Å²) in [6.45, 7) is 6.21. The minimum atomic E-state index is 0.812. The highest BCUT2D eigenvalue weighted by atomic mass is 15.2. The minimum Gasteiger partial charge on any atom is -0.373 e. The number of nitrogens with zero attached hydrogens (tertiary/aromatic N) is 3. The summed E-state index contributed by atoms with van der Waals surface area (Å²) in [5.74, 6) is 2.82. The Balaban J connectivity index is 1.98. The number of likely N-dealkylation sites (N-methyl/N-ethyl adjacent to an activating group) is 1. The molecular formula is C15H27N5. The maximum atomic E-state index is 4.65. The molecule has 1 aromatic rings. The van der Waals surface area contributed by atoms with Crippen LogP contribution in [0.1, 0.15) is 37.6 Å². The highest BCUT2D eigenvalue weighted by Gasteiger charge is 2.25. The fraction of sp³-hybridized carbons (Fsp3) is 0.733. The largest absolute Gasteiger partial charge is 0.373 e. The predicted molar refractivity (Wildman–Crippen MR) is 84.5 cm³/mol. The van der Waals surface area contributed by atoms with E-state index in [-0.39, 0.29) is 0 Å². The molecular weight excluding hydrogens is 250 g/mol. The van der Waals surface area contributed by atoms with E-state index < -0.39 is 0 Å². The van der Waals surface area contributed by atoms with E-state index in [4.69, 9.17) is 0 Å². The molecule has 2 rings (SSSR count). The molecule has 2 N–H and O–H groups in total. The highest BCUT2D eigenvalue weighted by Crippen LogP contribution is 2.25. The molecule has 0 bridgehead atoms. The van der Waals surface area contributed by atoms with Crippen molar-refractivity contribution in [3.8, 4) is 0 Å². The molecule has 20 heavy (non-hydrogen) atoms. The number of hydrogen-bond acceptors (Lipinski definition) is 5. The Morgan fingerprint density at radius 1 is 1.25 bits per heavy atom. The Labute approximate surface area is 122 Å². The molecule has 5 nitrogen and oxygen atoms in total. The van der Waals surface area contributed by atoms with Crippen LogP contribution in [0.2, 0.25) is 0 Å². The first-order chi connectivity index (χ1) is 9.65. The Kier molecular flexibility index (Phi) is 5.17. The van der Waals surface area contributed by atoms with E-state index in [0.717, 1.165) is 55.0 Å². The van der Waals surface area contributed by atoms with Crippen molar-refractivity contribution in [1.82, 2.24) is 14.9 Å². The van der Waals surface area contributed by atoms with Crippen LogP contribution in [-0.4, -0.2) is 48.1 Å². The van der Waals surface area contributed by atoms with Gasteiger partial charge in [-0.15, -0.1) is 0 Å². The number of anilines is 2. The van der Waals surface area contributed by atoms with Crippen molar-refractivity contribution in [2.45, 2.75) is 45.6 Å². The third-order valence-electron chi connectivity index (χ3n) is 3.83. The van der Waals surface area contributed by atoms with Crippen LogP contribution >= 0.6 is 0 Å². The van der Waals surface area contributed by atoms with E-state index in [1.165, 1.54) is 12.8 Å². The quantitative estimate of drug-likeness (QED) is 0.763. The van der Waals surface area contributed by atoms with Crippen LogP contribution in [0.25, 0.3) is 0 Å². The van der Waals surface area contributed by atoms with Crippen LogP contribution in [0.15, 0.2) is 0 Å². The summed E-state index contributed by atoms with van der Waals surface area (Å²) < 4.78 is 0. The molecule has 1 saturated carbocycles. The molecule has 5 heteroatoms. The second-order valence-corrected chi connectivity index (χ2v) is 5.60. The topological polar surface area (TPSA) is 53.1 Å². The van der Waals surface area contributed by atoms with Gasteiger partial charge in [-0.1, -0.05) is 6.92 Å². The van der Waals surface area contributed by atoms with Crippen molar-refractivity contribution < 1.29 is 0 Å². The van der Waals surface area contributed by atoms with E-state index in [0.29, 0.717) is 0 Å². The van der Waals surface area contributed by atoms with Crippen molar-refractivity contribution in [2.24, 2.45) is 0 Å². The first kappa shape index (κ1) is 15.0. The van der Waals surface area contributed by atoms with Gasteiger partial charge < -0.3 is 15.5 Å². The molecule has 0 spiro atoms. The van der Waals surface area contributed by atoms with Crippen molar-refractivity contribution in [1.29, 1.82) is 0 Å². The Bertz CT molecular complexity index is 442. The van der Waals surface area contributed by atoms with Gasteiger partial charge >= 0.3 is 0 Å². The summed E-state index contributed by atoms with van der Waals surface area (Å²) in [5.41, 5.74) is 1.10. The minimum absolute atomic E-state index is 0.812. The standard InChI is InChI=1S/C15H27N5/c1-5-6-13-18-14(16-3)11(2)15(19-13)17-9-10-20(4)12-7-8-12/h12H,5-10H2,1-4H3,(H2,16,17,18,19). The number of nitrogens with one attached hydrogen (secondary N) is 2. The summed E-state index contributed by atoms with van der Waals surface area (Å²) in [5, 5.41) is 6.63. The zero-order valence-electron chi connectivity index (χ0n) is 13.2. The smallest absolute Gasteiger partial charge is 0.134 e. The van der Waals surface area contributed by atoms with Gasteiger partial charge in [-0.2, -0.15) is 0 Å². The molecule has 1 heterocycles. The second-order valence-electron chi connectivity index (χ2n) is 5.60. The predicted octanol–water partition coefficient (Wildman–Crippen LogP) is 2.29. The molecule has 1 fully saturated rings. The molecule has 0 unspecified atom stereocenters. The highest BCUT2D eigenvalue weighted by molar-refractivity contribution is 5.57. The van der Waals surface area contributed by atoms with Gasteiger partial charge in [0.15, 0.2) is 0 Å².